The second kappa shape index (κ2) is 4.92. The van der Waals surface area contributed by atoms with E-state index in [0.717, 1.165) is 17.9 Å². The van der Waals surface area contributed by atoms with Gasteiger partial charge in [-0.1, -0.05) is 18.2 Å². The summed E-state index contributed by atoms with van der Waals surface area (Å²) in [5.41, 5.74) is 2.40. The molecule has 1 aromatic heterocycles. The monoisotopic (exact) mass is 229 g/mol. The largest absolute Gasteiger partial charge is 0.464 e. The molecule has 2 nitrogen and oxygen atoms in total. The first kappa shape index (κ1) is 10.8. The molecule has 2 heterocycles. The van der Waals surface area contributed by atoms with E-state index in [1.54, 1.807) is 0 Å². The molecule has 2 heteroatoms. The van der Waals surface area contributed by atoms with E-state index in [4.69, 9.17) is 4.42 Å². The SMILES string of the molecule is c1ccc2c(CCC3CCNCC3)coc2c1. The van der Waals surface area contributed by atoms with Crippen molar-refractivity contribution in [1.82, 2.24) is 5.32 Å². The summed E-state index contributed by atoms with van der Waals surface area (Å²) in [6.07, 6.45) is 7.05. The minimum atomic E-state index is 0.893. The summed E-state index contributed by atoms with van der Waals surface area (Å²) in [6, 6.07) is 8.33. The zero-order chi connectivity index (χ0) is 11.5. The predicted octanol–water partition coefficient (Wildman–Crippen LogP) is 3.37. The first-order valence-electron chi connectivity index (χ1n) is 6.59. The quantitative estimate of drug-likeness (QED) is 0.873. The molecule has 1 N–H and O–H groups in total. The first-order valence-corrected chi connectivity index (χ1v) is 6.59. The number of rotatable bonds is 3. The molecule has 0 aliphatic carbocycles. The molecule has 0 unspecified atom stereocenters. The molecular weight excluding hydrogens is 210 g/mol. The molecular formula is C15H19NO. The third-order valence-corrected chi connectivity index (χ3v) is 3.84. The van der Waals surface area contributed by atoms with E-state index < -0.39 is 0 Å². The molecule has 1 aliphatic rings. The number of benzene rings is 1. The number of aryl methyl sites for hydroxylation is 1. The number of furan rings is 1. The molecule has 0 spiro atoms. The fraction of sp³-hybridized carbons (Fsp3) is 0.467. The molecule has 1 aliphatic heterocycles. The maximum Gasteiger partial charge on any atom is 0.134 e. The lowest BCUT2D eigenvalue weighted by molar-refractivity contribution is 0.354. The number of piperidine rings is 1. The smallest absolute Gasteiger partial charge is 0.134 e. The van der Waals surface area contributed by atoms with E-state index in [1.165, 1.54) is 43.3 Å². The normalized spacial score (nSPS) is 17.6. The van der Waals surface area contributed by atoms with Crippen LogP contribution >= 0.6 is 0 Å². The summed E-state index contributed by atoms with van der Waals surface area (Å²) in [5.74, 6) is 0.893. The lowest BCUT2D eigenvalue weighted by Crippen LogP contribution is -2.27. The highest BCUT2D eigenvalue weighted by Gasteiger charge is 2.14. The molecule has 1 aromatic carbocycles. The Hall–Kier alpha value is -1.28. The zero-order valence-electron chi connectivity index (χ0n) is 10.1. The summed E-state index contributed by atoms with van der Waals surface area (Å²) in [4.78, 5) is 0. The Bertz CT molecular complexity index is 482. The molecule has 0 saturated carbocycles. The van der Waals surface area contributed by atoms with Crippen molar-refractivity contribution in [2.45, 2.75) is 25.7 Å². The Morgan fingerprint density at radius 2 is 2.00 bits per heavy atom. The van der Waals surface area contributed by atoms with Crippen LogP contribution in [0.1, 0.15) is 24.8 Å². The molecule has 1 saturated heterocycles. The van der Waals surface area contributed by atoms with Crippen LogP contribution < -0.4 is 5.32 Å². The van der Waals surface area contributed by atoms with Crippen molar-refractivity contribution < 1.29 is 4.42 Å². The average Bonchev–Trinajstić information content (AvgIpc) is 2.81. The maximum absolute atomic E-state index is 5.58. The van der Waals surface area contributed by atoms with Gasteiger partial charge in [-0.05, 0) is 56.3 Å². The molecule has 3 rings (SSSR count). The number of fused-ring (bicyclic) bond motifs is 1. The van der Waals surface area contributed by atoms with Crippen LogP contribution in [0.15, 0.2) is 34.9 Å². The van der Waals surface area contributed by atoms with E-state index in [1.807, 2.05) is 18.4 Å². The van der Waals surface area contributed by atoms with Gasteiger partial charge in [0, 0.05) is 5.39 Å². The highest BCUT2D eigenvalue weighted by atomic mass is 16.3. The Labute approximate surface area is 102 Å². The van der Waals surface area contributed by atoms with Crippen LogP contribution in [0.4, 0.5) is 0 Å². The number of para-hydroxylation sites is 1. The topological polar surface area (TPSA) is 25.2 Å². The van der Waals surface area contributed by atoms with Gasteiger partial charge in [-0.25, -0.2) is 0 Å². The molecule has 17 heavy (non-hydrogen) atoms. The van der Waals surface area contributed by atoms with Gasteiger partial charge in [-0.15, -0.1) is 0 Å². The van der Waals surface area contributed by atoms with Gasteiger partial charge in [0.05, 0.1) is 6.26 Å². The maximum atomic E-state index is 5.58. The van der Waals surface area contributed by atoms with Crippen molar-refractivity contribution in [1.29, 1.82) is 0 Å². The fourth-order valence-electron chi connectivity index (χ4n) is 2.76. The molecule has 2 aromatic rings. The van der Waals surface area contributed by atoms with Gasteiger partial charge in [0.15, 0.2) is 0 Å². The average molecular weight is 229 g/mol. The van der Waals surface area contributed by atoms with E-state index in [-0.39, 0.29) is 0 Å². The van der Waals surface area contributed by atoms with Crippen molar-refractivity contribution in [3.8, 4) is 0 Å². The third kappa shape index (κ3) is 2.37. The summed E-state index contributed by atoms with van der Waals surface area (Å²) >= 11 is 0. The Kier molecular flexibility index (Phi) is 3.14. The van der Waals surface area contributed by atoms with Gasteiger partial charge in [-0.2, -0.15) is 0 Å². The Morgan fingerprint density at radius 1 is 1.18 bits per heavy atom. The number of hydrogen-bond acceptors (Lipinski definition) is 2. The van der Waals surface area contributed by atoms with Crippen molar-refractivity contribution in [2.24, 2.45) is 5.92 Å². The zero-order valence-corrected chi connectivity index (χ0v) is 10.1. The van der Waals surface area contributed by atoms with E-state index in [9.17, 15) is 0 Å². The molecule has 0 amide bonds. The first-order chi connectivity index (χ1) is 8.43. The van der Waals surface area contributed by atoms with E-state index >= 15 is 0 Å². The van der Waals surface area contributed by atoms with Crippen LogP contribution in [0.3, 0.4) is 0 Å². The number of nitrogens with one attached hydrogen (secondary N) is 1. The molecule has 0 bridgehead atoms. The molecule has 1 fully saturated rings. The minimum absolute atomic E-state index is 0.893. The third-order valence-electron chi connectivity index (χ3n) is 3.84. The standard InChI is InChI=1S/C15H19NO/c1-2-4-15-14(3-1)13(11-17-15)6-5-12-7-9-16-10-8-12/h1-4,11-12,16H,5-10H2. The summed E-state index contributed by atoms with van der Waals surface area (Å²) in [5, 5.41) is 4.71. The minimum Gasteiger partial charge on any atom is -0.464 e. The van der Waals surface area contributed by atoms with Crippen LogP contribution in [0.25, 0.3) is 11.0 Å². The van der Waals surface area contributed by atoms with Crippen LogP contribution in [-0.4, -0.2) is 13.1 Å². The Balaban J connectivity index is 1.68. The number of hydrogen-bond donors (Lipinski definition) is 1. The predicted molar refractivity (Wildman–Crippen MR) is 70.1 cm³/mol. The fourth-order valence-corrected chi connectivity index (χ4v) is 2.76. The van der Waals surface area contributed by atoms with Crippen molar-refractivity contribution >= 4 is 11.0 Å². The van der Waals surface area contributed by atoms with Gasteiger partial charge >= 0.3 is 0 Å². The van der Waals surface area contributed by atoms with Gasteiger partial charge in [0.2, 0.25) is 0 Å². The van der Waals surface area contributed by atoms with Crippen molar-refractivity contribution in [3.05, 3.63) is 36.1 Å². The summed E-state index contributed by atoms with van der Waals surface area (Å²) < 4.78 is 5.58. The lowest BCUT2D eigenvalue weighted by Gasteiger charge is -2.22. The Morgan fingerprint density at radius 3 is 2.88 bits per heavy atom. The van der Waals surface area contributed by atoms with Crippen LogP contribution in [0.2, 0.25) is 0 Å². The van der Waals surface area contributed by atoms with E-state index in [0.29, 0.717) is 0 Å². The van der Waals surface area contributed by atoms with Gasteiger partial charge in [0.25, 0.3) is 0 Å². The molecule has 90 valence electrons. The summed E-state index contributed by atoms with van der Waals surface area (Å²) in [7, 11) is 0. The van der Waals surface area contributed by atoms with Crippen LogP contribution in [0, 0.1) is 5.92 Å². The second-order valence-electron chi connectivity index (χ2n) is 4.99. The van der Waals surface area contributed by atoms with Crippen molar-refractivity contribution in [3.63, 3.8) is 0 Å². The van der Waals surface area contributed by atoms with Crippen LogP contribution in [-0.2, 0) is 6.42 Å². The summed E-state index contributed by atoms with van der Waals surface area (Å²) in [6.45, 7) is 2.38. The van der Waals surface area contributed by atoms with Crippen LogP contribution in [0.5, 0.6) is 0 Å². The van der Waals surface area contributed by atoms with Gasteiger partial charge in [0.1, 0.15) is 5.58 Å². The molecule has 0 radical (unpaired) electrons. The molecule has 0 atom stereocenters. The van der Waals surface area contributed by atoms with Gasteiger partial charge < -0.3 is 9.73 Å². The van der Waals surface area contributed by atoms with Crippen molar-refractivity contribution in [2.75, 3.05) is 13.1 Å². The highest BCUT2D eigenvalue weighted by molar-refractivity contribution is 5.80. The van der Waals surface area contributed by atoms with Gasteiger partial charge in [-0.3, -0.25) is 0 Å². The van der Waals surface area contributed by atoms with E-state index in [2.05, 4.69) is 17.4 Å². The second-order valence-corrected chi connectivity index (χ2v) is 4.99. The highest BCUT2D eigenvalue weighted by Crippen LogP contribution is 2.25. The lowest BCUT2D eigenvalue weighted by atomic mass is 9.91.